The molecule has 0 spiro atoms. The molecule has 2 aliphatic rings. The molecule has 0 bridgehead atoms. The topological polar surface area (TPSA) is 105 Å². The minimum atomic E-state index is -1.04. The number of fused-ring (bicyclic) bond motifs is 1. The Kier molecular flexibility index (Phi) is 5.03. The SMILES string of the molecule is CNc1cc(Nc2cccn(C3CC(F)C3)c2=O)nc2c(C(=O)NC3CC[C@H]3F)cnn12. The van der Waals surface area contributed by atoms with Gasteiger partial charge in [0.1, 0.15) is 35.2 Å². The van der Waals surface area contributed by atoms with Crippen LogP contribution in [0.4, 0.5) is 26.1 Å². The largest absolute Gasteiger partial charge is 0.373 e. The molecule has 1 unspecified atom stereocenters. The summed E-state index contributed by atoms with van der Waals surface area (Å²) in [4.78, 5) is 30.0. The quantitative estimate of drug-likeness (QED) is 0.541. The lowest BCUT2D eigenvalue weighted by molar-refractivity contribution is 0.0826. The van der Waals surface area contributed by atoms with Crippen LogP contribution in [0, 0.1) is 0 Å². The number of nitrogens with zero attached hydrogens (tertiary/aromatic N) is 4. The van der Waals surface area contributed by atoms with Crippen molar-refractivity contribution in [3.05, 3.63) is 46.5 Å². The van der Waals surface area contributed by atoms with Crippen molar-refractivity contribution >= 4 is 28.9 Å². The van der Waals surface area contributed by atoms with E-state index in [1.165, 1.54) is 15.3 Å². The van der Waals surface area contributed by atoms with E-state index >= 15 is 0 Å². The number of amides is 1. The van der Waals surface area contributed by atoms with Gasteiger partial charge < -0.3 is 20.5 Å². The molecule has 0 aromatic carbocycles. The van der Waals surface area contributed by atoms with Crippen molar-refractivity contribution in [2.24, 2.45) is 0 Å². The molecular weight excluding hydrogens is 420 g/mol. The van der Waals surface area contributed by atoms with E-state index in [2.05, 4.69) is 26.0 Å². The molecule has 2 saturated carbocycles. The molecule has 5 rings (SSSR count). The Morgan fingerprint density at radius 1 is 1.25 bits per heavy atom. The van der Waals surface area contributed by atoms with Gasteiger partial charge in [0.2, 0.25) is 0 Å². The first-order valence-electron chi connectivity index (χ1n) is 10.6. The van der Waals surface area contributed by atoms with E-state index in [-0.39, 0.29) is 28.5 Å². The molecule has 1 amide bonds. The van der Waals surface area contributed by atoms with Crippen molar-refractivity contribution in [3.8, 4) is 0 Å². The number of alkyl halides is 2. The Hall–Kier alpha value is -3.50. The molecule has 3 N–H and O–H groups in total. The average Bonchev–Trinajstić information content (AvgIpc) is 3.19. The van der Waals surface area contributed by atoms with Gasteiger partial charge in [-0.1, -0.05) is 0 Å². The fourth-order valence-corrected chi connectivity index (χ4v) is 4.01. The minimum absolute atomic E-state index is 0.154. The molecule has 3 aromatic rings. The first kappa shape index (κ1) is 20.4. The molecule has 32 heavy (non-hydrogen) atoms. The Morgan fingerprint density at radius 2 is 2.06 bits per heavy atom. The van der Waals surface area contributed by atoms with Crippen LogP contribution in [0.1, 0.15) is 42.1 Å². The first-order valence-corrected chi connectivity index (χ1v) is 10.6. The number of rotatable bonds is 6. The Labute approximate surface area is 181 Å². The van der Waals surface area contributed by atoms with E-state index in [4.69, 9.17) is 0 Å². The minimum Gasteiger partial charge on any atom is -0.373 e. The van der Waals surface area contributed by atoms with Gasteiger partial charge in [0.25, 0.3) is 11.5 Å². The summed E-state index contributed by atoms with van der Waals surface area (Å²) in [5.41, 5.74) is 0.483. The summed E-state index contributed by atoms with van der Waals surface area (Å²) in [6.07, 6.45) is 2.81. The highest BCUT2D eigenvalue weighted by molar-refractivity contribution is 6.00. The number of pyridine rings is 1. The fraction of sp³-hybridized carbons (Fsp3) is 0.429. The molecule has 2 atom stereocenters. The molecule has 0 saturated heterocycles. The number of carbonyl (C=O) groups is 1. The summed E-state index contributed by atoms with van der Waals surface area (Å²) in [6, 6.07) is 4.34. The first-order chi connectivity index (χ1) is 15.4. The van der Waals surface area contributed by atoms with Gasteiger partial charge in [-0.2, -0.15) is 9.61 Å². The van der Waals surface area contributed by atoms with Gasteiger partial charge in [-0.25, -0.2) is 13.8 Å². The molecular formula is C21H23F2N7O2. The van der Waals surface area contributed by atoms with Crippen LogP contribution in [0.15, 0.2) is 35.4 Å². The highest BCUT2D eigenvalue weighted by atomic mass is 19.1. The van der Waals surface area contributed by atoms with E-state index in [0.29, 0.717) is 37.3 Å². The second-order valence-electron chi connectivity index (χ2n) is 8.23. The maximum absolute atomic E-state index is 13.6. The standard InChI is InChI=1S/C21H23F2N7O2/c1-24-18-9-17(26-16-3-2-6-29(21(16)32)12-7-11(22)8-12)28-19-13(10-25-30(18)19)20(31)27-15-5-4-14(15)23/h2-3,6,9-12,14-15,24H,4-5,7-8H2,1H3,(H,26,28)(H,27,31)/t11?,12?,14-,15?/m1/s1. The van der Waals surface area contributed by atoms with Gasteiger partial charge in [0.05, 0.1) is 12.2 Å². The highest BCUT2D eigenvalue weighted by Gasteiger charge is 2.33. The van der Waals surface area contributed by atoms with Crippen molar-refractivity contribution < 1.29 is 13.6 Å². The van der Waals surface area contributed by atoms with E-state index in [1.807, 2.05) is 0 Å². The van der Waals surface area contributed by atoms with Crippen molar-refractivity contribution in [2.45, 2.75) is 50.1 Å². The summed E-state index contributed by atoms with van der Waals surface area (Å²) < 4.78 is 29.8. The lowest BCUT2D eigenvalue weighted by Gasteiger charge is -2.31. The predicted molar refractivity (Wildman–Crippen MR) is 115 cm³/mol. The zero-order chi connectivity index (χ0) is 22.4. The van der Waals surface area contributed by atoms with Crippen LogP contribution in [0.2, 0.25) is 0 Å². The average molecular weight is 443 g/mol. The van der Waals surface area contributed by atoms with Gasteiger partial charge in [-0.3, -0.25) is 9.59 Å². The van der Waals surface area contributed by atoms with Gasteiger partial charge >= 0.3 is 0 Å². The summed E-state index contributed by atoms with van der Waals surface area (Å²) >= 11 is 0. The Balaban J connectivity index is 1.46. The van der Waals surface area contributed by atoms with Crippen molar-refractivity contribution in [1.82, 2.24) is 24.5 Å². The molecule has 2 aliphatic carbocycles. The van der Waals surface area contributed by atoms with Crippen LogP contribution in [0.5, 0.6) is 0 Å². The lowest BCUT2D eigenvalue weighted by Crippen LogP contribution is -2.48. The molecule has 0 aliphatic heterocycles. The van der Waals surface area contributed by atoms with Gasteiger partial charge in [0, 0.05) is 25.4 Å². The maximum Gasteiger partial charge on any atom is 0.274 e. The van der Waals surface area contributed by atoms with Gasteiger partial charge in [-0.15, -0.1) is 0 Å². The molecule has 168 valence electrons. The molecule has 0 radical (unpaired) electrons. The summed E-state index contributed by atoms with van der Waals surface area (Å²) in [6.45, 7) is 0. The van der Waals surface area contributed by atoms with E-state index < -0.39 is 24.3 Å². The van der Waals surface area contributed by atoms with Crippen LogP contribution in [-0.2, 0) is 0 Å². The van der Waals surface area contributed by atoms with E-state index in [9.17, 15) is 18.4 Å². The zero-order valence-electron chi connectivity index (χ0n) is 17.4. The maximum atomic E-state index is 13.6. The van der Waals surface area contributed by atoms with E-state index in [1.54, 1.807) is 31.4 Å². The summed E-state index contributed by atoms with van der Waals surface area (Å²) in [5.74, 6) is 0.418. The number of anilines is 3. The third-order valence-corrected chi connectivity index (χ3v) is 6.17. The zero-order valence-corrected chi connectivity index (χ0v) is 17.4. The summed E-state index contributed by atoms with van der Waals surface area (Å²) in [7, 11) is 1.70. The summed E-state index contributed by atoms with van der Waals surface area (Å²) in [5, 5.41) is 12.9. The van der Waals surface area contributed by atoms with E-state index in [0.717, 1.165) is 0 Å². The highest BCUT2D eigenvalue weighted by Crippen LogP contribution is 2.33. The third-order valence-electron chi connectivity index (χ3n) is 6.17. The number of carbonyl (C=O) groups excluding carboxylic acids is 1. The predicted octanol–water partition coefficient (Wildman–Crippen LogP) is 2.58. The second kappa shape index (κ2) is 7.88. The monoisotopic (exact) mass is 443 g/mol. The molecule has 11 heteroatoms. The number of nitrogens with one attached hydrogen (secondary N) is 3. The molecule has 3 heterocycles. The normalized spacial score (nSPS) is 24.5. The third kappa shape index (κ3) is 3.47. The molecule has 3 aromatic heterocycles. The van der Waals surface area contributed by atoms with Crippen LogP contribution >= 0.6 is 0 Å². The van der Waals surface area contributed by atoms with Crippen molar-refractivity contribution in [1.29, 1.82) is 0 Å². The van der Waals surface area contributed by atoms with Gasteiger partial charge in [0.15, 0.2) is 5.65 Å². The second-order valence-corrected chi connectivity index (χ2v) is 8.23. The fourth-order valence-electron chi connectivity index (χ4n) is 4.01. The Bertz CT molecular complexity index is 1230. The van der Waals surface area contributed by atoms with Crippen molar-refractivity contribution in [2.75, 3.05) is 17.7 Å². The van der Waals surface area contributed by atoms with Gasteiger partial charge in [-0.05, 0) is 37.8 Å². The number of hydrogen-bond acceptors (Lipinski definition) is 6. The van der Waals surface area contributed by atoms with Crippen LogP contribution in [0.3, 0.4) is 0 Å². The van der Waals surface area contributed by atoms with Crippen LogP contribution in [0.25, 0.3) is 5.65 Å². The molecule has 2 fully saturated rings. The number of aromatic nitrogens is 4. The number of halogens is 2. The number of hydrogen-bond donors (Lipinski definition) is 3. The lowest BCUT2D eigenvalue weighted by atomic mass is 9.90. The smallest absolute Gasteiger partial charge is 0.274 e. The Morgan fingerprint density at radius 3 is 2.72 bits per heavy atom. The van der Waals surface area contributed by atoms with Crippen molar-refractivity contribution in [3.63, 3.8) is 0 Å². The molecule has 9 nitrogen and oxygen atoms in total. The van der Waals surface area contributed by atoms with Crippen LogP contribution < -0.4 is 21.5 Å². The van der Waals surface area contributed by atoms with Crippen LogP contribution in [-0.4, -0.2) is 50.5 Å².